The van der Waals surface area contributed by atoms with Crippen molar-refractivity contribution in [3.8, 4) is 0 Å². The molecule has 0 aliphatic carbocycles. The third-order valence-electron chi connectivity index (χ3n) is 7.00. The maximum absolute atomic E-state index is 12.4. The van der Waals surface area contributed by atoms with Gasteiger partial charge in [-0.25, -0.2) is 4.57 Å². The van der Waals surface area contributed by atoms with Crippen molar-refractivity contribution in [3.63, 3.8) is 0 Å². The van der Waals surface area contributed by atoms with Gasteiger partial charge < -0.3 is 20.2 Å². The lowest BCUT2D eigenvalue weighted by molar-refractivity contribution is -0.123. The van der Waals surface area contributed by atoms with E-state index in [9.17, 15) is 14.5 Å². The molecule has 7 nitrogen and oxygen atoms in total. The number of aliphatic hydroxyl groups excluding tert-OH is 1. The van der Waals surface area contributed by atoms with Gasteiger partial charge in [0.25, 0.3) is 0 Å². The van der Waals surface area contributed by atoms with Crippen LogP contribution >= 0.6 is 7.82 Å². The first-order valence-corrected chi connectivity index (χ1v) is 17.2. The zero-order valence-electron chi connectivity index (χ0n) is 24.6. The van der Waals surface area contributed by atoms with Crippen LogP contribution in [0.5, 0.6) is 0 Å². The minimum Gasteiger partial charge on any atom is -0.387 e. The summed E-state index contributed by atoms with van der Waals surface area (Å²) >= 11 is 0. The van der Waals surface area contributed by atoms with Crippen molar-refractivity contribution in [1.82, 2.24) is 5.32 Å². The molecule has 0 unspecified atom stereocenters. The van der Waals surface area contributed by atoms with Crippen molar-refractivity contribution in [2.24, 2.45) is 0 Å². The van der Waals surface area contributed by atoms with Gasteiger partial charge >= 0.3 is 7.82 Å². The topological polar surface area (TPSA) is 116 Å². The van der Waals surface area contributed by atoms with E-state index in [0.29, 0.717) is 6.42 Å². The van der Waals surface area contributed by atoms with Crippen LogP contribution in [0.4, 0.5) is 0 Å². The summed E-state index contributed by atoms with van der Waals surface area (Å²) in [4.78, 5) is 30.5. The largest absolute Gasteiger partial charge is 0.469 e. The van der Waals surface area contributed by atoms with Gasteiger partial charge in [0.15, 0.2) is 0 Å². The Morgan fingerprint density at radius 2 is 1.16 bits per heavy atom. The third-order valence-corrected chi connectivity index (χ3v) is 7.48. The van der Waals surface area contributed by atoms with Crippen molar-refractivity contribution in [1.29, 1.82) is 0 Å². The zero-order valence-corrected chi connectivity index (χ0v) is 25.5. The van der Waals surface area contributed by atoms with Crippen LogP contribution in [-0.4, -0.2) is 39.6 Å². The van der Waals surface area contributed by atoms with E-state index in [4.69, 9.17) is 9.79 Å². The molecule has 8 heteroatoms. The number of carbonyl (C=O) groups is 1. The molecule has 0 fully saturated rings. The van der Waals surface area contributed by atoms with Crippen LogP contribution in [0, 0.1) is 0 Å². The predicted molar refractivity (Wildman–Crippen MR) is 158 cm³/mol. The molecule has 0 spiro atoms. The minimum atomic E-state index is -4.69. The summed E-state index contributed by atoms with van der Waals surface area (Å²) in [7, 11) is -4.69. The second-order valence-electron chi connectivity index (χ2n) is 10.8. The van der Waals surface area contributed by atoms with Gasteiger partial charge in [0.05, 0.1) is 18.8 Å². The normalized spacial score (nSPS) is 13.7. The number of aliphatic hydroxyl groups is 1. The first kappa shape index (κ1) is 37.3. The number of carbonyl (C=O) groups excluding carboxylic acids is 1. The standard InChI is InChI=1S/C30H60NO6P/c1-3-5-7-9-11-13-14-15-16-18-19-21-23-25-29(32)28(27-37-38(34,35)36)31-30(33)26-24-22-20-17-12-10-8-6-4-2/h23,25,28-29,32H,3-22,24,26-27H2,1-2H3,(H,31,33)(H2,34,35,36)/t28-,29+/m0/s1. The number of hydrogen-bond donors (Lipinski definition) is 4. The average molecular weight is 562 g/mol. The SMILES string of the molecule is CCCCCCCCCCCCCC=C[C@@H](O)[C@H](COP(=O)(O)O)NC(=O)CCCCCCCCCCC. The Kier molecular flexibility index (Phi) is 26.0. The summed E-state index contributed by atoms with van der Waals surface area (Å²) in [5, 5.41) is 13.2. The molecule has 0 aliphatic rings. The summed E-state index contributed by atoms with van der Waals surface area (Å²) in [6.07, 6.45) is 28.0. The van der Waals surface area contributed by atoms with Gasteiger partial charge in [0.2, 0.25) is 5.91 Å². The third kappa shape index (κ3) is 26.9. The molecular formula is C30H60NO6P. The Morgan fingerprint density at radius 3 is 1.61 bits per heavy atom. The summed E-state index contributed by atoms with van der Waals surface area (Å²) in [6, 6.07) is -0.901. The quantitative estimate of drug-likeness (QED) is 0.0435. The van der Waals surface area contributed by atoms with Crippen LogP contribution in [0.1, 0.15) is 155 Å². The molecule has 2 atom stereocenters. The first-order valence-electron chi connectivity index (χ1n) is 15.6. The number of phosphoric ester groups is 1. The average Bonchev–Trinajstić information content (AvgIpc) is 2.87. The van der Waals surface area contributed by atoms with E-state index in [2.05, 4.69) is 23.7 Å². The highest BCUT2D eigenvalue weighted by molar-refractivity contribution is 7.46. The molecule has 226 valence electrons. The van der Waals surface area contributed by atoms with E-state index in [0.717, 1.165) is 38.5 Å². The lowest BCUT2D eigenvalue weighted by atomic mass is 10.0. The Labute approximate surface area is 233 Å². The van der Waals surface area contributed by atoms with Gasteiger partial charge in [-0.1, -0.05) is 142 Å². The van der Waals surface area contributed by atoms with Crippen molar-refractivity contribution in [3.05, 3.63) is 12.2 Å². The van der Waals surface area contributed by atoms with Crippen molar-refractivity contribution in [2.45, 2.75) is 167 Å². The van der Waals surface area contributed by atoms with Crippen LogP contribution in [-0.2, 0) is 13.9 Å². The van der Waals surface area contributed by atoms with E-state index in [-0.39, 0.29) is 5.91 Å². The van der Waals surface area contributed by atoms with Gasteiger partial charge in [-0.15, -0.1) is 0 Å². The van der Waals surface area contributed by atoms with Crippen LogP contribution in [0.15, 0.2) is 12.2 Å². The van der Waals surface area contributed by atoms with Crippen LogP contribution in [0.3, 0.4) is 0 Å². The Hall–Kier alpha value is -0.720. The second-order valence-corrected chi connectivity index (χ2v) is 12.0. The predicted octanol–water partition coefficient (Wildman–Crippen LogP) is 8.12. The molecule has 0 aliphatic heterocycles. The van der Waals surface area contributed by atoms with Crippen LogP contribution < -0.4 is 5.32 Å². The van der Waals surface area contributed by atoms with Gasteiger partial charge in [-0.2, -0.15) is 0 Å². The maximum Gasteiger partial charge on any atom is 0.469 e. The zero-order chi connectivity index (χ0) is 28.3. The smallest absolute Gasteiger partial charge is 0.387 e. The molecule has 0 heterocycles. The van der Waals surface area contributed by atoms with Crippen molar-refractivity contribution >= 4 is 13.7 Å². The molecule has 38 heavy (non-hydrogen) atoms. The van der Waals surface area contributed by atoms with Crippen LogP contribution in [0.2, 0.25) is 0 Å². The molecular weight excluding hydrogens is 501 g/mol. The highest BCUT2D eigenvalue weighted by atomic mass is 31.2. The highest BCUT2D eigenvalue weighted by Crippen LogP contribution is 2.35. The lowest BCUT2D eigenvalue weighted by Crippen LogP contribution is -2.45. The molecule has 0 saturated carbocycles. The summed E-state index contributed by atoms with van der Waals surface area (Å²) in [6.45, 7) is 4.01. The van der Waals surface area contributed by atoms with Gasteiger partial charge in [-0.3, -0.25) is 9.32 Å². The fourth-order valence-corrected chi connectivity index (χ4v) is 4.93. The maximum atomic E-state index is 12.4. The minimum absolute atomic E-state index is 0.231. The number of hydrogen-bond acceptors (Lipinski definition) is 4. The van der Waals surface area contributed by atoms with Crippen molar-refractivity contribution in [2.75, 3.05) is 6.61 Å². The van der Waals surface area contributed by atoms with Gasteiger partial charge in [-0.05, 0) is 19.3 Å². The van der Waals surface area contributed by atoms with Crippen molar-refractivity contribution < 1.29 is 28.8 Å². The fourth-order valence-electron chi connectivity index (χ4n) is 4.57. The highest BCUT2D eigenvalue weighted by Gasteiger charge is 2.24. The Bertz CT molecular complexity index is 610. The summed E-state index contributed by atoms with van der Waals surface area (Å²) in [5.74, 6) is -0.231. The molecule has 0 bridgehead atoms. The fraction of sp³-hybridized carbons (Fsp3) is 0.900. The monoisotopic (exact) mass is 561 g/mol. The van der Waals surface area contributed by atoms with E-state index < -0.39 is 26.6 Å². The Balaban J connectivity index is 4.15. The van der Waals surface area contributed by atoms with E-state index in [1.165, 1.54) is 96.3 Å². The molecule has 0 aromatic rings. The number of amides is 1. The summed E-state index contributed by atoms with van der Waals surface area (Å²) < 4.78 is 15.7. The number of allylic oxidation sites excluding steroid dienone is 1. The summed E-state index contributed by atoms with van der Waals surface area (Å²) in [5.41, 5.74) is 0. The number of unbranched alkanes of at least 4 members (excludes halogenated alkanes) is 19. The number of rotatable bonds is 28. The van der Waals surface area contributed by atoms with E-state index in [1.54, 1.807) is 6.08 Å². The molecule has 0 radical (unpaired) electrons. The van der Waals surface area contributed by atoms with E-state index >= 15 is 0 Å². The first-order chi connectivity index (χ1) is 18.3. The van der Waals surface area contributed by atoms with Gasteiger partial charge in [0.1, 0.15) is 0 Å². The number of phosphoric acid groups is 1. The molecule has 0 aromatic heterocycles. The Morgan fingerprint density at radius 1 is 0.737 bits per heavy atom. The number of nitrogens with one attached hydrogen (secondary N) is 1. The lowest BCUT2D eigenvalue weighted by Gasteiger charge is -2.22. The van der Waals surface area contributed by atoms with E-state index in [1.807, 2.05) is 6.08 Å². The molecule has 0 saturated heterocycles. The molecule has 0 aromatic carbocycles. The van der Waals surface area contributed by atoms with Crippen LogP contribution in [0.25, 0.3) is 0 Å². The molecule has 1 amide bonds. The van der Waals surface area contributed by atoms with Gasteiger partial charge in [0, 0.05) is 6.42 Å². The molecule has 4 N–H and O–H groups in total. The second kappa shape index (κ2) is 26.5. The molecule has 0 rings (SSSR count).